The molecule has 0 saturated carbocycles. The number of hydrogen-bond donors (Lipinski definition) is 1. The van der Waals surface area contributed by atoms with Crippen LogP contribution in [0.2, 0.25) is 0 Å². The summed E-state index contributed by atoms with van der Waals surface area (Å²) in [6.45, 7) is 1.34. The molecule has 1 amide bonds. The van der Waals surface area contributed by atoms with Crippen LogP contribution in [0.25, 0.3) is 0 Å². The van der Waals surface area contributed by atoms with Gasteiger partial charge in [-0.1, -0.05) is 12.1 Å². The van der Waals surface area contributed by atoms with E-state index >= 15 is 0 Å². The summed E-state index contributed by atoms with van der Waals surface area (Å²) in [4.78, 5) is 31.6. The van der Waals surface area contributed by atoms with E-state index in [2.05, 4.69) is 25.3 Å². The number of anilines is 2. The van der Waals surface area contributed by atoms with Gasteiger partial charge in [-0.05, 0) is 42.7 Å². The predicted octanol–water partition coefficient (Wildman–Crippen LogP) is 3.10. The lowest BCUT2D eigenvalue weighted by molar-refractivity contribution is -0.131. The first-order valence-electron chi connectivity index (χ1n) is 9.56. The highest BCUT2D eigenvalue weighted by atomic mass is 19.1. The molecule has 3 aromatic rings. The van der Waals surface area contributed by atoms with Crippen molar-refractivity contribution >= 4 is 17.8 Å². The third kappa shape index (κ3) is 4.90. The summed E-state index contributed by atoms with van der Waals surface area (Å²) in [5, 5.41) is 3.00. The number of amides is 1. The Hall–Kier alpha value is -3.42. The lowest BCUT2D eigenvalue weighted by Crippen LogP contribution is -2.40. The normalized spacial score (nSPS) is 16.4. The summed E-state index contributed by atoms with van der Waals surface area (Å²) in [5.41, 5.74) is 1.70. The summed E-state index contributed by atoms with van der Waals surface area (Å²) in [6, 6.07) is 9.70. The number of likely N-dealkylation sites (tertiary alicyclic amines) is 1. The molecule has 1 aromatic carbocycles. The summed E-state index contributed by atoms with van der Waals surface area (Å²) >= 11 is 0. The second-order valence-electron chi connectivity index (χ2n) is 6.98. The highest BCUT2D eigenvalue weighted by Gasteiger charge is 2.26. The Morgan fingerprint density at radius 2 is 1.83 bits per heavy atom. The Labute approximate surface area is 168 Å². The van der Waals surface area contributed by atoms with Gasteiger partial charge in [-0.3, -0.25) is 10.1 Å². The van der Waals surface area contributed by atoms with Crippen LogP contribution >= 0.6 is 0 Å². The van der Waals surface area contributed by atoms with E-state index in [0.717, 1.165) is 30.6 Å². The maximum Gasteiger partial charge on any atom is 0.229 e. The van der Waals surface area contributed by atoms with Crippen molar-refractivity contribution < 1.29 is 9.18 Å². The number of hydrogen-bond acceptors (Lipinski definition) is 6. The van der Waals surface area contributed by atoms with Gasteiger partial charge in [0.1, 0.15) is 5.82 Å². The van der Waals surface area contributed by atoms with Crippen LogP contribution < -0.4 is 5.32 Å². The Morgan fingerprint density at radius 1 is 1.07 bits per heavy atom. The molecular weight excluding hydrogens is 371 g/mol. The predicted molar refractivity (Wildman–Crippen MR) is 106 cm³/mol. The summed E-state index contributed by atoms with van der Waals surface area (Å²) < 4.78 is 13.1. The molecule has 0 aliphatic carbocycles. The van der Waals surface area contributed by atoms with Gasteiger partial charge in [0.15, 0.2) is 0 Å². The summed E-state index contributed by atoms with van der Waals surface area (Å²) in [6.07, 6.45) is 7.13. The van der Waals surface area contributed by atoms with Crippen molar-refractivity contribution in [3.8, 4) is 0 Å². The lowest BCUT2D eigenvalue weighted by Gasteiger charge is -2.32. The third-order valence-corrected chi connectivity index (χ3v) is 4.93. The number of nitrogens with zero attached hydrogens (tertiary/aromatic N) is 5. The van der Waals surface area contributed by atoms with Crippen molar-refractivity contribution in [1.82, 2.24) is 24.8 Å². The van der Waals surface area contributed by atoms with Crippen LogP contribution in [0.1, 0.15) is 30.0 Å². The van der Waals surface area contributed by atoms with Gasteiger partial charge >= 0.3 is 0 Å². The summed E-state index contributed by atoms with van der Waals surface area (Å²) in [5.74, 6) is 0.758. The Kier molecular flexibility index (Phi) is 5.69. The van der Waals surface area contributed by atoms with Crippen LogP contribution in [0, 0.1) is 5.82 Å². The molecule has 1 unspecified atom stereocenters. The molecule has 1 saturated heterocycles. The molecule has 1 N–H and O–H groups in total. The quantitative estimate of drug-likeness (QED) is 0.718. The molecule has 0 radical (unpaired) electrons. The van der Waals surface area contributed by atoms with E-state index in [0.29, 0.717) is 18.4 Å². The van der Waals surface area contributed by atoms with Crippen LogP contribution in [0.5, 0.6) is 0 Å². The first-order chi connectivity index (χ1) is 14.2. The molecule has 4 rings (SSSR count). The van der Waals surface area contributed by atoms with Crippen molar-refractivity contribution in [2.45, 2.75) is 25.2 Å². The topological polar surface area (TPSA) is 83.9 Å². The molecule has 2 aromatic heterocycles. The number of nitrogens with one attached hydrogen (secondary N) is 1. The van der Waals surface area contributed by atoms with Gasteiger partial charge in [0, 0.05) is 37.6 Å². The first kappa shape index (κ1) is 18.9. The zero-order valence-corrected chi connectivity index (χ0v) is 15.8. The molecule has 1 aliphatic rings. The fraction of sp³-hybridized carbons (Fsp3) is 0.286. The number of benzene rings is 1. The molecule has 8 heteroatoms. The molecular formula is C21H21FN6O. The second kappa shape index (κ2) is 8.72. The van der Waals surface area contributed by atoms with Gasteiger partial charge in [0.25, 0.3) is 0 Å². The van der Waals surface area contributed by atoms with Crippen LogP contribution in [-0.2, 0) is 11.2 Å². The monoisotopic (exact) mass is 392 g/mol. The van der Waals surface area contributed by atoms with Gasteiger partial charge in [0.05, 0.1) is 12.1 Å². The lowest BCUT2D eigenvalue weighted by atomic mass is 9.94. The number of aromatic nitrogens is 4. The first-order valence-corrected chi connectivity index (χ1v) is 9.56. The van der Waals surface area contributed by atoms with E-state index in [1.807, 2.05) is 11.0 Å². The van der Waals surface area contributed by atoms with Gasteiger partial charge in [-0.15, -0.1) is 0 Å². The van der Waals surface area contributed by atoms with Gasteiger partial charge < -0.3 is 4.90 Å². The zero-order chi connectivity index (χ0) is 20.1. The second-order valence-corrected chi connectivity index (χ2v) is 6.98. The average molecular weight is 392 g/mol. The minimum Gasteiger partial charge on any atom is -0.342 e. The highest BCUT2D eigenvalue weighted by Crippen LogP contribution is 2.26. The molecule has 1 aliphatic heterocycles. The van der Waals surface area contributed by atoms with Crippen LogP contribution in [0.15, 0.2) is 55.0 Å². The van der Waals surface area contributed by atoms with Crippen molar-refractivity contribution in [2.75, 3.05) is 18.4 Å². The van der Waals surface area contributed by atoms with E-state index in [4.69, 9.17) is 0 Å². The maximum atomic E-state index is 13.1. The zero-order valence-electron chi connectivity index (χ0n) is 15.8. The molecule has 1 atom stereocenters. The van der Waals surface area contributed by atoms with E-state index in [-0.39, 0.29) is 24.1 Å². The fourth-order valence-electron chi connectivity index (χ4n) is 3.46. The van der Waals surface area contributed by atoms with Crippen molar-refractivity contribution in [2.24, 2.45) is 0 Å². The average Bonchev–Trinajstić information content (AvgIpc) is 2.76. The Balaban J connectivity index is 1.42. The molecule has 0 bridgehead atoms. The van der Waals surface area contributed by atoms with Gasteiger partial charge in [-0.2, -0.15) is 0 Å². The number of rotatable bonds is 5. The standard InChI is InChI=1S/C21H21FN6O/c22-17-6-4-15(5-7-17)13-19(29)28-12-1-3-16(14-28)18-8-11-25-21(26-18)27-20-23-9-2-10-24-20/h2,4-11,16H,1,3,12-14H2,(H,23,24,25,26,27). The number of halogens is 1. The minimum absolute atomic E-state index is 0.0476. The van der Waals surface area contributed by atoms with Crippen LogP contribution in [0.3, 0.4) is 0 Å². The molecule has 7 nitrogen and oxygen atoms in total. The number of carbonyl (C=O) groups is 1. The maximum absolute atomic E-state index is 13.1. The van der Waals surface area contributed by atoms with Crippen molar-refractivity contribution in [1.29, 1.82) is 0 Å². The molecule has 148 valence electrons. The van der Waals surface area contributed by atoms with E-state index in [9.17, 15) is 9.18 Å². The largest absolute Gasteiger partial charge is 0.342 e. The van der Waals surface area contributed by atoms with Crippen LogP contribution in [-0.4, -0.2) is 43.8 Å². The third-order valence-electron chi connectivity index (χ3n) is 4.93. The van der Waals surface area contributed by atoms with E-state index in [1.165, 1.54) is 12.1 Å². The van der Waals surface area contributed by atoms with Crippen molar-refractivity contribution in [3.05, 3.63) is 72.1 Å². The number of piperidine rings is 1. The van der Waals surface area contributed by atoms with Gasteiger partial charge in [0.2, 0.25) is 17.8 Å². The van der Waals surface area contributed by atoms with Gasteiger partial charge in [-0.25, -0.2) is 24.3 Å². The molecule has 29 heavy (non-hydrogen) atoms. The van der Waals surface area contributed by atoms with E-state index in [1.54, 1.807) is 36.8 Å². The van der Waals surface area contributed by atoms with Crippen molar-refractivity contribution in [3.63, 3.8) is 0 Å². The molecule has 1 fully saturated rings. The smallest absolute Gasteiger partial charge is 0.229 e. The van der Waals surface area contributed by atoms with Crippen LogP contribution in [0.4, 0.5) is 16.3 Å². The molecule has 0 spiro atoms. The highest BCUT2D eigenvalue weighted by molar-refractivity contribution is 5.79. The number of carbonyl (C=O) groups excluding carboxylic acids is 1. The minimum atomic E-state index is -0.298. The van der Waals surface area contributed by atoms with E-state index < -0.39 is 0 Å². The Bertz CT molecular complexity index is 966. The SMILES string of the molecule is O=C(Cc1ccc(F)cc1)N1CCCC(c2ccnc(Nc3ncccn3)n2)C1. The fourth-order valence-corrected chi connectivity index (χ4v) is 3.46. The Morgan fingerprint density at radius 3 is 2.62 bits per heavy atom. The molecule has 3 heterocycles. The summed E-state index contributed by atoms with van der Waals surface area (Å²) in [7, 11) is 0.